The van der Waals surface area contributed by atoms with Crippen LogP contribution in [0.5, 0.6) is 0 Å². The summed E-state index contributed by atoms with van der Waals surface area (Å²) in [5.41, 5.74) is 1.97. The van der Waals surface area contributed by atoms with Crippen molar-refractivity contribution in [3.05, 3.63) is 41.7 Å². The maximum absolute atomic E-state index is 13.3. The van der Waals surface area contributed by atoms with Crippen molar-refractivity contribution in [1.29, 1.82) is 0 Å². The monoisotopic (exact) mass is 411 g/mol. The molecule has 7 nitrogen and oxygen atoms in total. The normalized spacial score (nSPS) is 20.1. The number of aromatic nitrogens is 1. The van der Waals surface area contributed by atoms with Crippen molar-refractivity contribution in [3.8, 4) is 11.3 Å². The van der Waals surface area contributed by atoms with Crippen LogP contribution in [0.15, 0.2) is 34.9 Å². The predicted octanol–water partition coefficient (Wildman–Crippen LogP) is 4.12. The lowest BCUT2D eigenvalue weighted by Gasteiger charge is -2.38. The molecule has 2 aliphatic rings. The van der Waals surface area contributed by atoms with Gasteiger partial charge in [0.1, 0.15) is 23.6 Å². The molecule has 0 spiro atoms. The molecule has 4 rings (SSSR count). The topological polar surface area (TPSA) is 75.9 Å². The molecular formula is C23H29N3O4. The first-order chi connectivity index (χ1) is 14.5. The first-order valence-corrected chi connectivity index (χ1v) is 10.7. The van der Waals surface area contributed by atoms with Crippen molar-refractivity contribution in [3.63, 3.8) is 0 Å². The number of hydrogen-bond acceptors (Lipinski definition) is 5. The van der Waals surface area contributed by atoms with Gasteiger partial charge in [-0.1, -0.05) is 49.3 Å². The molecule has 2 aliphatic heterocycles. The summed E-state index contributed by atoms with van der Waals surface area (Å²) < 4.78 is 10.7. The van der Waals surface area contributed by atoms with Crippen LogP contribution in [-0.4, -0.2) is 58.7 Å². The zero-order valence-electron chi connectivity index (χ0n) is 17.8. The highest BCUT2D eigenvalue weighted by atomic mass is 16.6. The van der Waals surface area contributed by atoms with Gasteiger partial charge in [-0.2, -0.15) is 0 Å². The van der Waals surface area contributed by atoms with Crippen LogP contribution < -0.4 is 0 Å². The summed E-state index contributed by atoms with van der Waals surface area (Å²) in [6.07, 6.45) is 2.22. The Morgan fingerprint density at radius 1 is 1.20 bits per heavy atom. The van der Waals surface area contributed by atoms with Gasteiger partial charge in [0, 0.05) is 24.7 Å². The molecule has 1 aromatic carbocycles. The minimum Gasteiger partial charge on any atom is -0.447 e. The minimum atomic E-state index is -0.216. The number of carbonyl (C=O) groups excluding carboxylic acids is 2. The molecule has 160 valence electrons. The fourth-order valence-electron chi connectivity index (χ4n) is 4.57. The van der Waals surface area contributed by atoms with Gasteiger partial charge >= 0.3 is 6.09 Å². The second kappa shape index (κ2) is 8.50. The fourth-order valence-corrected chi connectivity index (χ4v) is 4.57. The number of piperidine rings is 1. The Hall–Kier alpha value is -2.83. The van der Waals surface area contributed by atoms with Gasteiger partial charge < -0.3 is 14.2 Å². The fraction of sp³-hybridized carbons (Fsp3) is 0.522. The number of ether oxygens (including phenoxy) is 1. The molecule has 2 saturated heterocycles. The molecule has 0 radical (unpaired) electrons. The lowest BCUT2D eigenvalue weighted by atomic mass is 9.97. The summed E-state index contributed by atoms with van der Waals surface area (Å²) >= 11 is 0. The molecule has 1 unspecified atom stereocenters. The van der Waals surface area contributed by atoms with Gasteiger partial charge in [0.05, 0.1) is 6.04 Å². The molecule has 2 amide bonds. The molecule has 30 heavy (non-hydrogen) atoms. The lowest BCUT2D eigenvalue weighted by molar-refractivity contribution is 0.0629. The van der Waals surface area contributed by atoms with E-state index in [1.165, 1.54) is 0 Å². The second-order valence-corrected chi connectivity index (χ2v) is 8.62. The van der Waals surface area contributed by atoms with Crippen molar-refractivity contribution in [2.24, 2.45) is 5.92 Å². The highest BCUT2D eigenvalue weighted by Gasteiger charge is 2.40. The van der Waals surface area contributed by atoms with Crippen molar-refractivity contribution >= 4 is 12.0 Å². The van der Waals surface area contributed by atoms with Crippen molar-refractivity contribution in [1.82, 2.24) is 15.0 Å². The summed E-state index contributed by atoms with van der Waals surface area (Å²) in [7, 11) is 0. The molecule has 3 heterocycles. The number of cyclic esters (lactones) is 1. The van der Waals surface area contributed by atoms with E-state index in [9.17, 15) is 9.59 Å². The zero-order valence-corrected chi connectivity index (χ0v) is 17.8. The Bertz CT molecular complexity index is 900. The zero-order chi connectivity index (χ0) is 21.3. The number of likely N-dealkylation sites (tertiary alicyclic amines) is 1. The van der Waals surface area contributed by atoms with Gasteiger partial charge in [0.25, 0.3) is 5.91 Å². The summed E-state index contributed by atoms with van der Waals surface area (Å²) in [4.78, 5) is 29.4. The van der Waals surface area contributed by atoms with E-state index in [0.717, 1.165) is 24.8 Å². The number of carbonyl (C=O) groups is 2. The molecule has 7 heteroatoms. The van der Waals surface area contributed by atoms with E-state index >= 15 is 0 Å². The van der Waals surface area contributed by atoms with Crippen LogP contribution in [0.25, 0.3) is 11.3 Å². The summed E-state index contributed by atoms with van der Waals surface area (Å²) in [5, 5.41) is 4.14. The Balaban J connectivity index is 1.46. The van der Waals surface area contributed by atoms with Crippen LogP contribution in [-0.2, 0) is 4.74 Å². The number of amides is 2. The first kappa shape index (κ1) is 20.4. The lowest BCUT2D eigenvalue weighted by Crippen LogP contribution is -2.50. The number of rotatable bonds is 5. The van der Waals surface area contributed by atoms with E-state index in [4.69, 9.17) is 9.26 Å². The SMILES string of the molecule is Cc1onc(-c2ccccc2)c1C(=O)N1CCC(N2C(=O)OCC2CC(C)C)CC1. The number of aryl methyl sites for hydroxylation is 1. The molecule has 0 saturated carbocycles. The maximum Gasteiger partial charge on any atom is 0.410 e. The quantitative estimate of drug-likeness (QED) is 0.740. The van der Waals surface area contributed by atoms with Crippen LogP contribution in [0.4, 0.5) is 4.79 Å². The third-order valence-electron chi connectivity index (χ3n) is 6.02. The molecule has 0 aliphatic carbocycles. The Morgan fingerprint density at radius 3 is 2.57 bits per heavy atom. The Morgan fingerprint density at radius 2 is 1.90 bits per heavy atom. The average Bonchev–Trinajstić information content (AvgIpc) is 3.30. The van der Waals surface area contributed by atoms with Crippen LogP contribution in [0, 0.1) is 12.8 Å². The summed E-state index contributed by atoms with van der Waals surface area (Å²) in [6, 6.07) is 9.87. The van der Waals surface area contributed by atoms with Gasteiger partial charge in [-0.15, -0.1) is 0 Å². The largest absolute Gasteiger partial charge is 0.447 e. The summed E-state index contributed by atoms with van der Waals surface area (Å²) in [5.74, 6) is 0.969. The highest BCUT2D eigenvalue weighted by molar-refractivity contribution is 6.00. The van der Waals surface area contributed by atoms with Gasteiger partial charge in [-0.3, -0.25) is 9.69 Å². The third-order valence-corrected chi connectivity index (χ3v) is 6.02. The molecule has 0 N–H and O–H groups in total. The van der Waals surface area contributed by atoms with Gasteiger partial charge in [-0.25, -0.2) is 4.79 Å². The Kier molecular flexibility index (Phi) is 5.79. The second-order valence-electron chi connectivity index (χ2n) is 8.62. The van der Waals surface area contributed by atoms with Gasteiger partial charge in [0.2, 0.25) is 0 Å². The molecule has 1 atom stereocenters. The number of hydrogen-bond donors (Lipinski definition) is 0. The molecule has 0 bridgehead atoms. The highest BCUT2D eigenvalue weighted by Crippen LogP contribution is 2.30. The smallest absolute Gasteiger partial charge is 0.410 e. The van der Waals surface area contributed by atoms with Crippen LogP contribution in [0.1, 0.15) is 49.2 Å². The first-order valence-electron chi connectivity index (χ1n) is 10.7. The van der Waals surface area contributed by atoms with E-state index in [2.05, 4.69) is 19.0 Å². The Labute approximate surface area is 177 Å². The van der Waals surface area contributed by atoms with E-state index in [-0.39, 0.29) is 24.1 Å². The van der Waals surface area contributed by atoms with E-state index < -0.39 is 0 Å². The van der Waals surface area contributed by atoms with E-state index in [0.29, 0.717) is 42.6 Å². The van der Waals surface area contributed by atoms with Crippen LogP contribution in [0.3, 0.4) is 0 Å². The predicted molar refractivity (Wildman–Crippen MR) is 112 cm³/mol. The average molecular weight is 412 g/mol. The minimum absolute atomic E-state index is 0.0613. The number of benzene rings is 1. The van der Waals surface area contributed by atoms with Crippen molar-refractivity contribution in [2.45, 2.75) is 52.1 Å². The third kappa shape index (κ3) is 3.93. The van der Waals surface area contributed by atoms with Crippen molar-refractivity contribution in [2.75, 3.05) is 19.7 Å². The number of nitrogens with zero attached hydrogens (tertiary/aromatic N) is 3. The van der Waals surface area contributed by atoms with Crippen LogP contribution in [0.2, 0.25) is 0 Å². The van der Waals surface area contributed by atoms with Crippen LogP contribution >= 0.6 is 0 Å². The molecule has 2 aromatic rings. The van der Waals surface area contributed by atoms with Gasteiger partial charge in [0.15, 0.2) is 0 Å². The maximum atomic E-state index is 13.3. The molecular weight excluding hydrogens is 382 g/mol. The van der Waals surface area contributed by atoms with E-state index in [1.807, 2.05) is 40.1 Å². The standard InChI is InChI=1S/C23H29N3O4/c1-15(2)13-19-14-29-23(28)26(19)18-9-11-25(12-10-18)22(27)20-16(3)30-24-21(20)17-7-5-4-6-8-17/h4-8,15,18-19H,9-14H2,1-3H3. The van der Waals surface area contributed by atoms with E-state index in [1.54, 1.807) is 6.92 Å². The van der Waals surface area contributed by atoms with Gasteiger partial charge in [-0.05, 0) is 32.1 Å². The molecule has 1 aromatic heterocycles. The van der Waals surface area contributed by atoms with Crippen molar-refractivity contribution < 1.29 is 18.8 Å². The summed E-state index contributed by atoms with van der Waals surface area (Å²) in [6.45, 7) is 7.76. The molecule has 2 fully saturated rings.